The molecule has 2 aromatic carbocycles. The van der Waals surface area contributed by atoms with Crippen LogP contribution in [0.15, 0.2) is 48.4 Å². The van der Waals surface area contributed by atoms with Crippen molar-refractivity contribution >= 4 is 75.1 Å². The Hall–Kier alpha value is -5.41. The number of aryl methyl sites for hydroxylation is 1. The fraction of sp³-hybridized carbons (Fsp3) is 0.405. The van der Waals surface area contributed by atoms with E-state index in [9.17, 15) is 19.5 Å². The molecule has 53 heavy (non-hydrogen) atoms. The number of hydrogen-bond donors (Lipinski definition) is 5. The van der Waals surface area contributed by atoms with Gasteiger partial charge in [0.2, 0.25) is 17.8 Å². The van der Waals surface area contributed by atoms with E-state index in [1.807, 2.05) is 48.1 Å². The van der Waals surface area contributed by atoms with Crippen LogP contribution < -0.4 is 31.1 Å². The lowest BCUT2D eigenvalue weighted by molar-refractivity contribution is -0.134. The average molecular weight is 743 g/mol. The Morgan fingerprint density at radius 2 is 2.02 bits per heavy atom. The molecule has 3 aliphatic rings. The zero-order valence-corrected chi connectivity index (χ0v) is 30.6. The Morgan fingerprint density at radius 1 is 1.17 bits per heavy atom. The van der Waals surface area contributed by atoms with Gasteiger partial charge in [0, 0.05) is 69.5 Å². The molecule has 15 nitrogen and oxygen atoms in total. The first-order chi connectivity index (χ1) is 25.6. The minimum Gasteiger partial charge on any atom is -0.483 e. The number of aromatic nitrogens is 4. The van der Waals surface area contributed by atoms with E-state index in [0.29, 0.717) is 41.2 Å². The van der Waals surface area contributed by atoms with Crippen LogP contribution in [-0.2, 0) is 26.2 Å². The minimum atomic E-state index is -1.02. The van der Waals surface area contributed by atoms with Crippen molar-refractivity contribution in [1.29, 1.82) is 0 Å². The second kappa shape index (κ2) is 15.3. The van der Waals surface area contributed by atoms with Gasteiger partial charge < -0.3 is 35.6 Å². The van der Waals surface area contributed by atoms with Crippen LogP contribution in [0.5, 0.6) is 0 Å². The van der Waals surface area contributed by atoms with Gasteiger partial charge in [-0.3, -0.25) is 24.4 Å². The van der Waals surface area contributed by atoms with Crippen molar-refractivity contribution in [3.8, 4) is 0 Å². The van der Waals surface area contributed by atoms with Crippen LogP contribution in [-0.4, -0.2) is 89.1 Å². The molecule has 278 valence electrons. The highest BCUT2D eigenvalue weighted by Crippen LogP contribution is 2.36. The van der Waals surface area contributed by atoms with Crippen molar-refractivity contribution in [2.24, 2.45) is 13.0 Å². The number of benzene rings is 2. The summed E-state index contributed by atoms with van der Waals surface area (Å²) in [6.07, 6.45) is 6.10. The van der Waals surface area contributed by atoms with E-state index in [-0.39, 0.29) is 30.1 Å². The number of para-hydroxylation sites is 1. The van der Waals surface area contributed by atoms with E-state index in [0.717, 1.165) is 72.4 Å². The number of amides is 3. The summed E-state index contributed by atoms with van der Waals surface area (Å²) in [7, 11) is 5.16. The van der Waals surface area contributed by atoms with E-state index < -0.39 is 12.1 Å². The molecule has 16 heteroatoms. The molecule has 0 saturated carbocycles. The number of halogens is 1. The molecule has 4 aromatic rings. The average Bonchev–Trinajstić information content (AvgIpc) is 3.49. The molecule has 3 amide bonds. The van der Waals surface area contributed by atoms with E-state index in [2.05, 4.69) is 31.2 Å². The highest BCUT2D eigenvalue weighted by Gasteiger charge is 2.32. The molecule has 2 unspecified atom stereocenters. The highest BCUT2D eigenvalue weighted by atomic mass is 35.5. The smallest absolute Gasteiger partial charge is 0.257 e. The summed E-state index contributed by atoms with van der Waals surface area (Å²) >= 11 is 6.58. The largest absolute Gasteiger partial charge is 0.483 e. The van der Waals surface area contributed by atoms with Crippen molar-refractivity contribution in [3.05, 3.63) is 64.6 Å². The van der Waals surface area contributed by atoms with Crippen LogP contribution in [0, 0.1) is 5.92 Å². The number of imide groups is 1. The summed E-state index contributed by atoms with van der Waals surface area (Å²) in [5.74, 6) is 0.481. The standard InChI is InChI=1S/C37H43ClN10O5/c1-39-31(50)20-53-29-17-22-16-23(9-11-28(22)46(2)36(29)52)42-34-26(38)18-41-37(44-34)48-15-5-6-21(19-48)13-14-40-27-8-4-7-24-32(45-47(3)33(24)27)25-10-12-30(49)43-35(25)51/h4,7-9,11,16-18,21,25,36,40,52H,5-6,10,12-15,19-20H2,1-3H3,(H,39,50)(H,41,42,44)(H,43,49,51)/t21-,25?,36?/m1/s1. The fourth-order valence-corrected chi connectivity index (χ4v) is 7.44. The van der Waals surface area contributed by atoms with Crippen molar-refractivity contribution in [1.82, 2.24) is 30.4 Å². The normalized spacial score (nSPS) is 20.1. The molecule has 2 aromatic heterocycles. The maximum atomic E-state index is 12.6. The van der Waals surface area contributed by atoms with Crippen molar-refractivity contribution in [2.75, 3.05) is 60.8 Å². The summed E-state index contributed by atoms with van der Waals surface area (Å²) in [6.45, 7) is 2.18. The maximum Gasteiger partial charge on any atom is 0.257 e. The Bertz CT molecular complexity index is 2090. The number of anilines is 5. The molecule has 3 atom stereocenters. The quantitative estimate of drug-likeness (QED) is 0.140. The van der Waals surface area contributed by atoms with Gasteiger partial charge in [-0.05, 0) is 61.9 Å². The first-order valence-corrected chi connectivity index (χ1v) is 18.1. The van der Waals surface area contributed by atoms with Crippen molar-refractivity contribution in [2.45, 2.75) is 44.2 Å². The molecular weight excluding hydrogens is 700 g/mol. The van der Waals surface area contributed by atoms with Gasteiger partial charge >= 0.3 is 0 Å². The number of aliphatic hydroxyl groups is 1. The first kappa shape index (κ1) is 36.0. The summed E-state index contributed by atoms with van der Waals surface area (Å²) < 4.78 is 7.42. The topological polar surface area (TPSA) is 179 Å². The summed E-state index contributed by atoms with van der Waals surface area (Å²) in [4.78, 5) is 49.3. The third-order valence-electron chi connectivity index (χ3n) is 10.1. The van der Waals surface area contributed by atoms with Crippen LogP contribution in [0.25, 0.3) is 17.0 Å². The molecule has 5 N–H and O–H groups in total. The molecular formula is C37H43ClN10O5. The second-order valence-electron chi connectivity index (χ2n) is 13.6. The SMILES string of the molecule is CNC(=O)COC1=Cc2cc(Nc3nc(N4CCC[C@H](CCNc5cccc6c(C7CCC(=O)NC7=O)nn(C)c56)C4)ncc3Cl)ccc2N(C)C1O. The van der Waals surface area contributed by atoms with E-state index in [4.69, 9.17) is 26.4 Å². The van der Waals surface area contributed by atoms with Crippen LogP contribution in [0.3, 0.4) is 0 Å². The number of carbonyl (C=O) groups is 3. The highest BCUT2D eigenvalue weighted by molar-refractivity contribution is 6.32. The first-order valence-electron chi connectivity index (χ1n) is 17.8. The van der Waals surface area contributed by atoms with Crippen LogP contribution in [0.4, 0.5) is 28.8 Å². The number of nitrogens with one attached hydrogen (secondary N) is 4. The zero-order valence-electron chi connectivity index (χ0n) is 29.9. The van der Waals surface area contributed by atoms with Crippen molar-refractivity contribution < 1.29 is 24.2 Å². The number of carbonyl (C=O) groups excluding carboxylic acids is 3. The molecule has 0 radical (unpaired) electrons. The van der Waals surface area contributed by atoms with Gasteiger partial charge in [-0.2, -0.15) is 10.1 Å². The number of aliphatic hydroxyl groups excluding tert-OH is 1. The summed E-state index contributed by atoms with van der Waals surface area (Å²) in [5.41, 5.74) is 4.91. The van der Waals surface area contributed by atoms with Gasteiger partial charge in [0.25, 0.3) is 5.91 Å². The zero-order chi connectivity index (χ0) is 37.2. The molecule has 3 aliphatic heterocycles. The third-order valence-corrected chi connectivity index (χ3v) is 10.4. The molecule has 0 spiro atoms. The number of rotatable bonds is 11. The lowest BCUT2D eigenvalue weighted by Gasteiger charge is -2.33. The van der Waals surface area contributed by atoms with Gasteiger partial charge in [-0.1, -0.05) is 23.7 Å². The Kier molecular flexibility index (Phi) is 10.4. The van der Waals surface area contributed by atoms with Gasteiger partial charge in [0.15, 0.2) is 18.7 Å². The Balaban J connectivity index is 0.997. The number of hydrogen-bond acceptors (Lipinski definition) is 12. The lowest BCUT2D eigenvalue weighted by atomic mass is 9.92. The lowest BCUT2D eigenvalue weighted by Crippen LogP contribution is -2.39. The fourth-order valence-electron chi connectivity index (χ4n) is 7.30. The Morgan fingerprint density at radius 3 is 2.83 bits per heavy atom. The second-order valence-corrected chi connectivity index (χ2v) is 14.0. The number of nitrogens with zero attached hydrogens (tertiary/aromatic N) is 6. The number of piperidine rings is 2. The Labute approximate surface area is 311 Å². The predicted molar refractivity (Wildman–Crippen MR) is 203 cm³/mol. The monoisotopic (exact) mass is 742 g/mol. The van der Waals surface area contributed by atoms with E-state index >= 15 is 0 Å². The number of likely N-dealkylation sites (N-methyl/N-ethyl adjacent to an activating group) is 2. The van der Waals surface area contributed by atoms with Gasteiger partial charge in [0.05, 0.1) is 29.0 Å². The van der Waals surface area contributed by atoms with Crippen LogP contribution in [0.1, 0.15) is 49.3 Å². The molecule has 2 fully saturated rings. The van der Waals surface area contributed by atoms with Crippen molar-refractivity contribution in [3.63, 3.8) is 0 Å². The summed E-state index contributed by atoms with van der Waals surface area (Å²) in [6, 6.07) is 11.7. The van der Waals surface area contributed by atoms with Gasteiger partial charge in [-0.25, -0.2) is 4.98 Å². The molecule has 7 rings (SSSR count). The molecule has 5 heterocycles. The minimum absolute atomic E-state index is 0.204. The van der Waals surface area contributed by atoms with E-state index in [1.54, 1.807) is 24.2 Å². The number of ether oxygens (including phenoxy) is 1. The molecule has 0 aliphatic carbocycles. The molecule has 0 bridgehead atoms. The predicted octanol–water partition coefficient (Wildman–Crippen LogP) is 3.87. The van der Waals surface area contributed by atoms with Crippen LogP contribution >= 0.6 is 11.6 Å². The maximum absolute atomic E-state index is 12.6. The van der Waals surface area contributed by atoms with Gasteiger partial charge in [0.1, 0.15) is 10.8 Å². The molecule has 2 saturated heterocycles. The van der Waals surface area contributed by atoms with Gasteiger partial charge in [-0.15, -0.1) is 0 Å². The number of fused-ring (bicyclic) bond motifs is 2. The third kappa shape index (κ3) is 7.57. The summed E-state index contributed by atoms with van der Waals surface area (Å²) in [5, 5.41) is 28.6. The van der Waals surface area contributed by atoms with Crippen LogP contribution in [0.2, 0.25) is 5.02 Å². The van der Waals surface area contributed by atoms with E-state index in [1.165, 1.54) is 7.05 Å².